The molecule has 0 spiro atoms. The smallest absolute Gasteiger partial charge is 0.0852 e. The van der Waals surface area contributed by atoms with Gasteiger partial charge in [0.15, 0.2) is 0 Å². The predicted octanol–water partition coefficient (Wildman–Crippen LogP) is 2.11. The minimum Gasteiger partial charge on any atom is -0.390 e. The summed E-state index contributed by atoms with van der Waals surface area (Å²) < 4.78 is 6.27. The van der Waals surface area contributed by atoms with E-state index in [0.717, 1.165) is 25.9 Å². The second-order valence-corrected chi connectivity index (χ2v) is 6.80. The van der Waals surface area contributed by atoms with Crippen LogP contribution in [0.3, 0.4) is 0 Å². The van der Waals surface area contributed by atoms with Crippen LogP contribution in [-0.4, -0.2) is 40.0 Å². The summed E-state index contributed by atoms with van der Waals surface area (Å²) in [6.07, 6.45) is 4.19. The fraction of sp³-hybridized carbons (Fsp3) is 1.00. The lowest BCUT2D eigenvalue weighted by molar-refractivity contribution is -0.0747. The van der Waals surface area contributed by atoms with Gasteiger partial charge >= 0.3 is 0 Å². The maximum Gasteiger partial charge on any atom is 0.0852 e. The highest BCUT2D eigenvalue weighted by molar-refractivity contribution is 8.17. The molecule has 14 heavy (non-hydrogen) atoms. The molecule has 0 saturated carbocycles. The molecule has 2 rings (SSSR count). The highest BCUT2D eigenvalue weighted by Gasteiger charge is 2.28. The Labute approximate surface area is 94.2 Å². The van der Waals surface area contributed by atoms with Gasteiger partial charge in [0.05, 0.1) is 16.8 Å². The predicted molar refractivity (Wildman–Crippen MR) is 62.9 cm³/mol. The van der Waals surface area contributed by atoms with Gasteiger partial charge < -0.3 is 9.84 Å². The summed E-state index contributed by atoms with van der Waals surface area (Å²) in [7, 11) is 0. The second-order valence-electron chi connectivity index (χ2n) is 3.88. The zero-order chi connectivity index (χ0) is 9.80. The molecule has 0 radical (unpaired) electrons. The number of aliphatic hydroxyl groups excluding tert-OH is 1. The first kappa shape index (κ1) is 11.1. The standard InChI is InChI=1S/C10H18O2S2/c11-8-3-1-4-12-9(8)7-10-13-5-2-6-14-10/h8-11H,1-7H2/t8-,9+/m0/s1. The van der Waals surface area contributed by atoms with Crippen LogP contribution in [0.2, 0.25) is 0 Å². The highest BCUT2D eigenvalue weighted by Crippen LogP contribution is 2.35. The summed E-state index contributed by atoms with van der Waals surface area (Å²) in [6.45, 7) is 0.837. The van der Waals surface area contributed by atoms with Gasteiger partial charge in [-0.2, -0.15) is 0 Å². The molecule has 0 unspecified atom stereocenters. The van der Waals surface area contributed by atoms with Gasteiger partial charge in [0.1, 0.15) is 0 Å². The Morgan fingerprint density at radius 3 is 2.71 bits per heavy atom. The van der Waals surface area contributed by atoms with Crippen LogP contribution in [0.5, 0.6) is 0 Å². The van der Waals surface area contributed by atoms with Crippen molar-refractivity contribution < 1.29 is 9.84 Å². The quantitative estimate of drug-likeness (QED) is 0.792. The average molecular weight is 234 g/mol. The van der Waals surface area contributed by atoms with E-state index in [-0.39, 0.29) is 12.2 Å². The molecule has 0 aromatic rings. The van der Waals surface area contributed by atoms with E-state index in [2.05, 4.69) is 0 Å². The Morgan fingerprint density at radius 1 is 1.21 bits per heavy atom. The van der Waals surface area contributed by atoms with Gasteiger partial charge in [-0.1, -0.05) is 0 Å². The first-order valence-corrected chi connectivity index (χ1v) is 7.49. The molecule has 0 bridgehead atoms. The van der Waals surface area contributed by atoms with Gasteiger partial charge in [-0.25, -0.2) is 0 Å². The zero-order valence-corrected chi connectivity index (χ0v) is 9.99. The van der Waals surface area contributed by atoms with Crippen molar-refractivity contribution in [3.63, 3.8) is 0 Å². The van der Waals surface area contributed by atoms with Crippen LogP contribution in [0.1, 0.15) is 25.7 Å². The summed E-state index contributed by atoms with van der Waals surface area (Å²) in [4.78, 5) is 0. The van der Waals surface area contributed by atoms with E-state index in [1.165, 1.54) is 17.9 Å². The molecule has 2 aliphatic rings. The molecule has 2 heterocycles. The molecule has 0 aliphatic carbocycles. The molecule has 2 fully saturated rings. The van der Waals surface area contributed by atoms with Crippen molar-refractivity contribution in [1.82, 2.24) is 0 Å². The minimum atomic E-state index is -0.216. The number of ether oxygens (including phenoxy) is 1. The summed E-state index contributed by atoms with van der Waals surface area (Å²) in [5.41, 5.74) is 0. The summed E-state index contributed by atoms with van der Waals surface area (Å²) in [5.74, 6) is 2.56. The first-order chi connectivity index (χ1) is 6.86. The number of thioether (sulfide) groups is 2. The van der Waals surface area contributed by atoms with Gasteiger partial charge in [0, 0.05) is 6.61 Å². The molecule has 82 valence electrons. The van der Waals surface area contributed by atoms with E-state index in [9.17, 15) is 5.11 Å². The lowest BCUT2D eigenvalue weighted by Gasteiger charge is -2.31. The Kier molecular flexibility index (Phi) is 4.47. The molecule has 0 aromatic carbocycles. The molecule has 0 aromatic heterocycles. The molecule has 0 amide bonds. The first-order valence-electron chi connectivity index (χ1n) is 5.39. The summed E-state index contributed by atoms with van der Waals surface area (Å²) >= 11 is 4.06. The third-order valence-electron chi connectivity index (χ3n) is 2.73. The Morgan fingerprint density at radius 2 is 2.00 bits per heavy atom. The maximum absolute atomic E-state index is 9.76. The van der Waals surface area contributed by atoms with Crippen molar-refractivity contribution in [1.29, 1.82) is 0 Å². The fourth-order valence-corrected chi connectivity index (χ4v) is 4.86. The maximum atomic E-state index is 9.76. The highest BCUT2D eigenvalue weighted by atomic mass is 32.2. The number of rotatable bonds is 2. The second kappa shape index (κ2) is 5.64. The number of hydrogen-bond donors (Lipinski definition) is 1. The zero-order valence-electron chi connectivity index (χ0n) is 8.35. The molecule has 2 nitrogen and oxygen atoms in total. The monoisotopic (exact) mass is 234 g/mol. The van der Waals surface area contributed by atoms with Gasteiger partial charge in [0.25, 0.3) is 0 Å². The molecule has 4 heteroatoms. The van der Waals surface area contributed by atoms with Crippen molar-refractivity contribution in [3.05, 3.63) is 0 Å². The summed E-state index contributed by atoms with van der Waals surface area (Å²) in [5, 5.41) is 9.76. The number of aliphatic hydroxyl groups is 1. The van der Waals surface area contributed by atoms with Gasteiger partial charge in [-0.15, -0.1) is 23.5 Å². The lowest BCUT2D eigenvalue weighted by atomic mass is 10.0. The molecule has 2 saturated heterocycles. The largest absolute Gasteiger partial charge is 0.390 e. The third kappa shape index (κ3) is 3.05. The Bertz CT molecular complexity index is 172. The van der Waals surface area contributed by atoms with Crippen LogP contribution >= 0.6 is 23.5 Å². The minimum absolute atomic E-state index is 0.104. The normalized spacial score (nSPS) is 35.8. The van der Waals surface area contributed by atoms with E-state index >= 15 is 0 Å². The van der Waals surface area contributed by atoms with Crippen molar-refractivity contribution in [2.75, 3.05) is 18.1 Å². The molecule has 2 aliphatic heterocycles. The lowest BCUT2D eigenvalue weighted by Crippen LogP contribution is -2.36. The van der Waals surface area contributed by atoms with Gasteiger partial charge in [0.2, 0.25) is 0 Å². The van der Waals surface area contributed by atoms with Crippen molar-refractivity contribution in [2.24, 2.45) is 0 Å². The molecule has 2 atom stereocenters. The Hall–Kier alpha value is 0.620. The molecular weight excluding hydrogens is 216 g/mol. The number of hydrogen-bond acceptors (Lipinski definition) is 4. The topological polar surface area (TPSA) is 29.5 Å². The van der Waals surface area contributed by atoms with E-state index < -0.39 is 0 Å². The van der Waals surface area contributed by atoms with Gasteiger partial charge in [-0.3, -0.25) is 0 Å². The SMILES string of the molecule is O[C@H]1CCCO[C@@H]1CC1SCCCS1. The van der Waals surface area contributed by atoms with Crippen LogP contribution < -0.4 is 0 Å². The van der Waals surface area contributed by atoms with E-state index in [4.69, 9.17) is 4.74 Å². The van der Waals surface area contributed by atoms with Crippen LogP contribution in [0.15, 0.2) is 0 Å². The van der Waals surface area contributed by atoms with E-state index in [1.807, 2.05) is 23.5 Å². The third-order valence-corrected chi connectivity index (χ3v) is 5.72. The van der Waals surface area contributed by atoms with E-state index in [0.29, 0.717) is 4.58 Å². The summed E-state index contributed by atoms with van der Waals surface area (Å²) in [6, 6.07) is 0. The van der Waals surface area contributed by atoms with Gasteiger partial charge in [-0.05, 0) is 37.2 Å². The van der Waals surface area contributed by atoms with Crippen molar-refractivity contribution >= 4 is 23.5 Å². The van der Waals surface area contributed by atoms with Crippen LogP contribution in [0.4, 0.5) is 0 Å². The molecular formula is C10H18O2S2. The van der Waals surface area contributed by atoms with Crippen molar-refractivity contribution in [3.8, 4) is 0 Å². The average Bonchev–Trinajstić information content (AvgIpc) is 2.23. The van der Waals surface area contributed by atoms with Crippen LogP contribution in [0.25, 0.3) is 0 Å². The fourth-order valence-electron chi connectivity index (χ4n) is 1.91. The van der Waals surface area contributed by atoms with Crippen LogP contribution in [-0.2, 0) is 4.74 Å². The van der Waals surface area contributed by atoms with Crippen molar-refractivity contribution in [2.45, 2.75) is 42.5 Å². The Balaban J connectivity index is 1.76. The molecule has 1 N–H and O–H groups in total. The van der Waals surface area contributed by atoms with Crippen LogP contribution in [0, 0.1) is 0 Å². The van der Waals surface area contributed by atoms with E-state index in [1.54, 1.807) is 0 Å².